The molecule has 3 aromatic rings. The van der Waals surface area contributed by atoms with Gasteiger partial charge in [-0.2, -0.15) is 0 Å². The van der Waals surface area contributed by atoms with Crippen LogP contribution < -0.4 is 19.7 Å². The van der Waals surface area contributed by atoms with E-state index in [9.17, 15) is 0 Å². The second-order valence-electron chi connectivity index (χ2n) is 11.0. The molecule has 0 amide bonds. The van der Waals surface area contributed by atoms with E-state index in [4.69, 9.17) is 21.1 Å². The Balaban J connectivity index is 1.02. The molecule has 41 heavy (non-hydrogen) atoms. The molecule has 1 N–H and O–H groups in total. The van der Waals surface area contributed by atoms with E-state index >= 15 is 0 Å². The van der Waals surface area contributed by atoms with Crippen LogP contribution in [0.4, 0.5) is 11.4 Å². The molecule has 0 spiro atoms. The topological polar surface area (TPSA) is 40.2 Å². The first-order valence-electron chi connectivity index (χ1n) is 14.9. The number of anilines is 2. The molecule has 0 aromatic heterocycles. The van der Waals surface area contributed by atoms with Gasteiger partial charge in [0.2, 0.25) is 0 Å². The number of ether oxygens (including phenoxy) is 2. The number of benzene rings is 3. The quantitative estimate of drug-likeness (QED) is 0.206. The minimum absolute atomic E-state index is 0.503. The first kappa shape index (κ1) is 30.1. The monoisotopic (exact) mass is 594 g/mol. The molecule has 0 unspecified atom stereocenters. The fraction of sp³-hybridized carbons (Fsp3) is 0.455. The Morgan fingerprint density at radius 2 is 1.41 bits per heavy atom. The van der Waals surface area contributed by atoms with Crippen molar-refractivity contribution in [1.29, 1.82) is 0 Å². The summed E-state index contributed by atoms with van der Waals surface area (Å²) < 4.78 is 12.2. The van der Waals surface area contributed by atoms with Gasteiger partial charge in [0.05, 0.1) is 18.0 Å². The van der Waals surface area contributed by atoms with Gasteiger partial charge in [0.25, 0.3) is 0 Å². The van der Waals surface area contributed by atoms with Crippen LogP contribution in [0.3, 0.4) is 0 Å². The van der Waals surface area contributed by atoms with Crippen molar-refractivity contribution in [3.63, 3.8) is 0 Å². The molecular formula is C33H43ClN4O2S. The fourth-order valence-corrected chi connectivity index (χ4v) is 6.59. The minimum atomic E-state index is 0.503. The molecule has 0 aliphatic carbocycles. The van der Waals surface area contributed by atoms with Gasteiger partial charge in [-0.25, -0.2) is 0 Å². The summed E-state index contributed by atoms with van der Waals surface area (Å²) in [6, 6.07) is 23.5. The third kappa shape index (κ3) is 8.55. The highest BCUT2D eigenvalue weighted by molar-refractivity contribution is 7.99. The Kier molecular flexibility index (Phi) is 11.1. The maximum absolute atomic E-state index is 6.39. The number of rotatable bonds is 14. The lowest BCUT2D eigenvalue weighted by Gasteiger charge is -2.36. The predicted molar refractivity (Wildman–Crippen MR) is 172 cm³/mol. The van der Waals surface area contributed by atoms with E-state index in [0.717, 1.165) is 81.7 Å². The summed E-state index contributed by atoms with van der Waals surface area (Å²) in [4.78, 5) is 10.1. The van der Waals surface area contributed by atoms with Gasteiger partial charge in [-0.05, 0) is 68.4 Å². The molecule has 8 heteroatoms. The smallest absolute Gasteiger partial charge is 0.161 e. The van der Waals surface area contributed by atoms with Crippen LogP contribution in [0.15, 0.2) is 76.5 Å². The van der Waals surface area contributed by atoms with E-state index in [-0.39, 0.29) is 0 Å². The zero-order valence-electron chi connectivity index (χ0n) is 24.4. The number of nitrogens with one attached hydrogen (secondary N) is 1. The zero-order chi connectivity index (χ0) is 28.4. The van der Waals surface area contributed by atoms with Gasteiger partial charge in [-0.1, -0.05) is 61.5 Å². The Labute approximate surface area is 254 Å². The highest BCUT2D eigenvalue weighted by atomic mass is 35.5. The van der Waals surface area contributed by atoms with Gasteiger partial charge in [-0.3, -0.25) is 4.90 Å². The number of piperazine rings is 1. The minimum Gasteiger partial charge on any atom is -0.490 e. The Morgan fingerprint density at radius 1 is 0.756 bits per heavy atom. The molecule has 220 valence electrons. The van der Waals surface area contributed by atoms with Crippen molar-refractivity contribution in [1.82, 2.24) is 15.1 Å². The molecule has 3 aromatic carbocycles. The Bertz CT molecular complexity index is 1250. The van der Waals surface area contributed by atoms with Crippen molar-refractivity contribution in [2.45, 2.75) is 42.5 Å². The standard InChI is InChI=1S/C33H43ClN4O2S/c1-26(2)35-15-7-23-39-30-10-4-5-11-31(30)40-24-22-37-20-18-36(19-21-37)16-8-17-38-28-9-3-6-12-32(28)41-33-14-13-27(34)25-29(33)38/h3-6,9-14,25-26,35H,7-8,15-24H2,1-2H3. The van der Waals surface area contributed by atoms with E-state index in [0.29, 0.717) is 19.3 Å². The highest BCUT2D eigenvalue weighted by Gasteiger charge is 2.24. The fourth-order valence-electron chi connectivity index (χ4n) is 5.35. The molecule has 1 fully saturated rings. The van der Waals surface area contributed by atoms with Crippen molar-refractivity contribution < 1.29 is 9.47 Å². The average molecular weight is 595 g/mol. The number of nitrogens with zero attached hydrogens (tertiary/aromatic N) is 3. The maximum Gasteiger partial charge on any atom is 0.161 e. The molecule has 2 aliphatic rings. The first-order chi connectivity index (χ1) is 20.1. The lowest BCUT2D eigenvalue weighted by molar-refractivity contribution is 0.115. The van der Waals surface area contributed by atoms with Crippen molar-refractivity contribution in [3.8, 4) is 11.5 Å². The van der Waals surface area contributed by atoms with Crippen LogP contribution >= 0.6 is 23.4 Å². The summed E-state index contributed by atoms with van der Waals surface area (Å²) in [6.45, 7) is 14.0. The van der Waals surface area contributed by atoms with Crippen molar-refractivity contribution in [2.75, 3.05) is 70.5 Å². The van der Waals surface area contributed by atoms with Gasteiger partial charge in [0, 0.05) is 60.1 Å². The lowest BCUT2D eigenvalue weighted by Crippen LogP contribution is -2.47. The summed E-state index contributed by atoms with van der Waals surface area (Å²) in [5, 5.41) is 4.22. The summed E-state index contributed by atoms with van der Waals surface area (Å²) in [5.74, 6) is 1.67. The van der Waals surface area contributed by atoms with Gasteiger partial charge in [-0.15, -0.1) is 0 Å². The van der Waals surface area contributed by atoms with Crippen LogP contribution in [-0.2, 0) is 0 Å². The van der Waals surface area contributed by atoms with Gasteiger partial charge < -0.3 is 24.6 Å². The summed E-state index contributed by atoms with van der Waals surface area (Å²) in [7, 11) is 0. The molecule has 2 heterocycles. The lowest BCUT2D eigenvalue weighted by atomic mass is 10.2. The zero-order valence-corrected chi connectivity index (χ0v) is 25.9. The number of para-hydroxylation sites is 3. The SMILES string of the molecule is CC(C)NCCCOc1ccccc1OCCN1CCN(CCCN2c3ccccc3Sc3ccc(Cl)cc32)CC1. The second-order valence-corrected chi connectivity index (χ2v) is 12.5. The van der Waals surface area contributed by atoms with Crippen LogP contribution in [0, 0.1) is 0 Å². The molecule has 0 saturated carbocycles. The number of hydrogen-bond donors (Lipinski definition) is 1. The molecular weight excluding hydrogens is 552 g/mol. The third-order valence-electron chi connectivity index (χ3n) is 7.55. The average Bonchev–Trinajstić information content (AvgIpc) is 2.98. The Morgan fingerprint density at radius 3 is 2.17 bits per heavy atom. The second kappa shape index (κ2) is 15.2. The highest BCUT2D eigenvalue weighted by Crippen LogP contribution is 2.48. The summed E-state index contributed by atoms with van der Waals surface area (Å²) >= 11 is 8.22. The van der Waals surface area contributed by atoms with Crippen LogP contribution in [0.2, 0.25) is 5.02 Å². The largest absolute Gasteiger partial charge is 0.490 e. The molecule has 0 atom stereocenters. The number of hydrogen-bond acceptors (Lipinski definition) is 7. The van der Waals surface area contributed by atoms with E-state index in [2.05, 4.69) is 70.3 Å². The van der Waals surface area contributed by atoms with Crippen molar-refractivity contribution in [2.24, 2.45) is 0 Å². The molecule has 2 aliphatic heterocycles. The molecule has 1 saturated heterocycles. The van der Waals surface area contributed by atoms with Gasteiger partial charge >= 0.3 is 0 Å². The van der Waals surface area contributed by atoms with Crippen LogP contribution in [0.5, 0.6) is 11.5 Å². The van der Waals surface area contributed by atoms with Crippen molar-refractivity contribution >= 4 is 34.7 Å². The molecule has 5 rings (SSSR count). The summed E-state index contributed by atoms with van der Waals surface area (Å²) in [5.41, 5.74) is 2.51. The Hall–Kier alpha value is -2.42. The molecule has 0 radical (unpaired) electrons. The first-order valence-corrected chi connectivity index (χ1v) is 16.1. The van der Waals surface area contributed by atoms with Crippen LogP contribution in [-0.4, -0.2) is 81.4 Å². The van der Waals surface area contributed by atoms with Crippen LogP contribution in [0.1, 0.15) is 26.7 Å². The van der Waals surface area contributed by atoms with Gasteiger partial charge in [0.15, 0.2) is 11.5 Å². The van der Waals surface area contributed by atoms with E-state index in [1.165, 1.54) is 21.2 Å². The normalized spacial score (nSPS) is 15.6. The number of halogens is 1. The number of fused-ring (bicyclic) bond motifs is 2. The van der Waals surface area contributed by atoms with E-state index in [1.807, 2.05) is 42.1 Å². The van der Waals surface area contributed by atoms with Crippen molar-refractivity contribution in [3.05, 3.63) is 71.8 Å². The van der Waals surface area contributed by atoms with Gasteiger partial charge in [0.1, 0.15) is 6.61 Å². The predicted octanol–water partition coefficient (Wildman–Crippen LogP) is 6.80. The molecule has 0 bridgehead atoms. The van der Waals surface area contributed by atoms with Crippen LogP contribution in [0.25, 0.3) is 0 Å². The van der Waals surface area contributed by atoms with E-state index < -0.39 is 0 Å². The third-order valence-corrected chi connectivity index (χ3v) is 8.92. The molecule has 6 nitrogen and oxygen atoms in total. The summed E-state index contributed by atoms with van der Waals surface area (Å²) in [6.07, 6.45) is 2.08. The van der Waals surface area contributed by atoms with E-state index in [1.54, 1.807) is 0 Å². The maximum atomic E-state index is 6.39.